The number of carbonyl (C=O) groups excluding carboxylic acids is 3. The van der Waals surface area contributed by atoms with Crippen molar-refractivity contribution in [1.29, 1.82) is 0 Å². The van der Waals surface area contributed by atoms with Crippen LogP contribution in [0.25, 0.3) is 0 Å². The molecular formula is C11H9NNaO4-. The summed E-state index contributed by atoms with van der Waals surface area (Å²) in [5.41, 5.74) is 0.709. The van der Waals surface area contributed by atoms with Crippen LogP contribution in [0.4, 0.5) is 0 Å². The van der Waals surface area contributed by atoms with E-state index in [1.165, 1.54) is 6.29 Å². The second-order valence-corrected chi connectivity index (χ2v) is 2.89. The van der Waals surface area contributed by atoms with Gasteiger partial charge < -0.3 is 14.8 Å². The van der Waals surface area contributed by atoms with Gasteiger partial charge in [-0.3, -0.25) is 9.59 Å². The molecule has 0 bridgehead atoms. The summed E-state index contributed by atoms with van der Waals surface area (Å²) >= 11 is 0. The van der Waals surface area contributed by atoms with Crippen molar-refractivity contribution in [1.82, 2.24) is 4.90 Å². The number of amides is 2. The summed E-state index contributed by atoms with van der Waals surface area (Å²) in [6.45, 7) is -0.299. The first kappa shape index (κ1) is 16.0. The van der Waals surface area contributed by atoms with Gasteiger partial charge in [-0.25, -0.2) is 6.29 Å². The van der Waals surface area contributed by atoms with Crippen LogP contribution in [-0.2, 0) is 4.79 Å². The van der Waals surface area contributed by atoms with Crippen LogP contribution in [0.15, 0.2) is 24.3 Å². The van der Waals surface area contributed by atoms with Crippen LogP contribution in [0.3, 0.4) is 0 Å². The molecule has 0 fully saturated rings. The Bertz CT molecular complexity index is 398. The Morgan fingerprint density at radius 3 is 1.88 bits per heavy atom. The van der Waals surface area contributed by atoms with Gasteiger partial charge in [-0.2, -0.15) is 7.11 Å². The summed E-state index contributed by atoms with van der Waals surface area (Å²) < 4.78 is 0. The van der Waals surface area contributed by atoms with Gasteiger partial charge in [0.15, 0.2) is 0 Å². The largest absolute Gasteiger partial charge is 1.00 e. The fraction of sp³-hybridized carbons (Fsp3) is 0.182. The second-order valence-electron chi connectivity index (χ2n) is 2.89. The van der Waals surface area contributed by atoms with Gasteiger partial charge in [-0.1, -0.05) is 18.7 Å². The molecule has 2 amide bonds. The molecule has 0 atom stereocenters. The SMILES string of the molecule is C[O-].O=[C-]CN1C(=O)c2ccccc2C1=O.[Na+]. The van der Waals surface area contributed by atoms with E-state index < -0.39 is 11.8 Å². The Balaban J connectivity index is 0.000000811. The predicted octanol–water partition coefficient (Wildman–Crippen LogP) is -3.63. The number of carbonyl (C=O) groups is 2. The molecule has 0 N–H and O–H groups in total. The molecule has 0 saturated heterocycles. The van der Waals surface area contributed by atoms with E-state index in [2.05, 4.69) is 0 Å². The Morgan fingerprint density at radius 2 is 1.53 bits per heavy atom. The minimum absolute atomic E-state index is 0. The van der Waals surface area contributed by atoms with Gasteiger partial charge in [0.05, 0.1) is 11.1 Å². The van der Waals surface area contributed by atoms with Gasteiger partial charge in [0.25, 0.3) is 11.8 Å². The van der Waals surface area contributed by atoms with Crippen molar-refractivity contribution in [2.45, 2.75) is 0 Å². The van der Waals surface area contributed by atoms with E-state index in [4.69, 9.17) is 5.11 Å². The summed E-state index contributed by atoms with van der Waals surface area (Å²) in [6.07, 6.45) is 1.54. The molecule has 1 heterocycles. The topological polar surface area (TPSA) is 77.5 Å². The zero-order valence-corrected chi connectivity index (χ0v) is 11.6. The Morgan fingerprint density at radius 1 is 1.12 bits per heavy atom. The molecule has 1 aromatic carbocycles. The Kier molecular flexibility index (Phi) is 6.91. The number of benzene rings is 1. The smallest absolute Gasteiger partial charge is 0.857 e. The van der Waals surface area contributed by atoms with Crippen LogP contribution in [0.5, 0.6) is 0 Å². The van der Waals surface area contributed by atoms with E-state index in [1.54, 1.807) is 24.3 Å². The van der Waals surface area contributed by atoms with Gasteiger partial charge in [0.2, 0.25) is 0 Å². The summed E-state index contributed by atoms with van der Waals surface area (Å²) in [6, 6.07) is 6.50. The molecule has 0 aliphatic carbocycles. The van der Waals surface area contributed by atoms with Crippen LogP contribution >= 0.6 is 0 Å². The molecule has 0 saturated carbocycles. The fourth-order valence-electron chi connectivity index (χ4n) is 1.45. The fourth-order valence-corrected chi connectivity index (χ4v) is 1.45. The van der Waals surface area contributed by atoms with Gasteiger partial charge in [-0.15, -0.1) is 0 Å². The molecule has 1 aliphatic heterocycles. The van der Waals surface area contributed by atoms with Crippen molar-refractivity contribution in [2.75, 3.05) is 13.7 Å². The van der Waals surface area contributed by atoms with Crippen molar-refractivity contribution in [2.24, 2.45) is 0 Å². The molecule has 1 aliphatic rings. The van der Waals surface area contributed by atoms with Gasteiger partial charge in [0, 0.05) is 0 Å². The van der Waals surface area contributed by atoms with Crippen molar-refractivity contribution in [3.8, 4) is 0 Å². The minimum atomic E-state index is -0.422. The first-order valence-electron chi connectivity index (χ1n) is 4.46. The number of rotatable bonds is 2. The molecule has 1 aromatic rings. The van der Waals surface area contributed by atoms with E-state index >= 15 is 0 Å². The normalized spacial score (nSPS) is 12.2. The zero-order valence-electron chi connectivity index (χ0n) is 9.60. The summed E-state index contributed by atoms with van der Waals surface area (Å²) in [7, 11) is 0.750. The molecule has 0 unspecified atom stereocenters. The van der Waals surface area contributed by atoms with Gasteiger partial charge in [-0.05, 0) is 12.1 Å². The average Bonchev–Trinajstić information content (AvgIpc) is 2.58. The average molecular weight is 242 g/mol. The van der Waals surface area contributed by atoms with E-state index in [-0.39, 0.29) is 36.1 Å². The molecule has 17 heavy (non-hydrogen) atoms. The van der Waals surface area contributed by atoms with E-state index in [1.807, 2.05) is 0 Å². The third kappa shape index (κ3) is 3.01. The Labute approximate surface area is 121 Å². The second kappa shape index (κ2) is 7.34. The number of imide groups is 1. The van der Waals surface area contributed by atoms with Gasteiger partial charge >= 0.3 is 29.6 Å². The molecule has 6 heteroatoms. The van der Waals surface area contributed by atoms with Gasteiger partial charge in [0.1, 0.15) is 0 Å². The third-order valence-corrected chi connectivity index (χ3v) is 2.10. The standard InChI is InChI=1S/C10H6NO3.CH3O.Na/c12-6-5-11-9(13)7-3-1-2-4-8(7)10(11)14;1-2;/h1-4H,5H2;1H3;/q2*-1;+1. The van der Waals surface area contributed by atoms with Crippen LogP contribution in [0.1, 0.15) is 20.7 Å². The first-order valence-corrected chi connectivity index (χ1v) is 4.46. The van der Waals surface area contributed by atoms with E-state index in [0.717, 1.165) is 12.0 Å². The zero-order chi connectivity index (χ0) is 12.1. The van der Waals surface area contributed by atoms with Crippen molar-refractivity contribution in [3.63, 3.8) is 0 Å². The van der Waals surface area contributed by atoms with E-state index in [0.29, 0.717) is 11.1 Å². The molecule has 0 spiro atoms. The van der Waals surface area contributed by atoms with Crippen molar-refractivity contribution >= 4 is 18.1 Å². The maximum absolute atomic E-state index is 11.5. The molecule has 84 valence electrons. The number of fused-ring (bicyclic) bond motifs is 1. The van der Waals surface area contributed by atoms with Crippen molar-refractivity contribution in [3.05, 3.63) is 35.4 Å². The van der Waals surface area contributed by atoms with Crippen molar-refractivity contribution < 1.29 is 49.0 Å². The molecule has 2 rings (SSSR count). The summed E-state index contributed by atoms with van der Waals surface area (Å²) in [5.74, 6) is -0.845. The molecular weight excluding hydrogens is 233 g/mol. The van der Waals surface area contributed by atoms with Crippen LogP contribution in [0.2, 0.25) is 0 Å². The monoisotopic (exact) mass is 242 g/mol. The number of hydrogen-bond acceptors (Lipinski definition) is 4. The first-order chi connectivity index (χ1) is 7.75. The molecule has 5 nitrogen and oxygen atoms in total. The summed E-state index contributed by atoms with van der Waals surface area (Å²) in [4.78, 5) is 34.1. The van der Waals surface area contributed by atoms with Crippen LogP contribution in [0, 0.1) is 0 Å². The maximum Gasteiger partial charge on any atom is 1.00 e. The quantitative estimate of drug-likeness (QED) is 0.305. The Hall–Kier alpha value is -1.01. The number of hydrogen-bond donors (Lipinski definition) is 0. The molecule has 0 aromatic heterocycles. The third-order valence-electron chi connectivity index (χ3n) is 2.10. The molecule has 0 radical (unpaired) electrons. The number of nitrogens with zero attached hydrogens (tertiary/aromatic N) is 1. The van der Waals surface area contributed by atoms with E-state index in [9.17, 15) is 14.4 Å². The van der Waals surface area contributed by atoms with Crippen LogP contribution in [-0.4, -0.2) is 36.7 Å². The predicted molar refractivity (Wildman–Crippen MR) is 53.4 cm³/mol. The maximum atomic E-state index is 11.5. The minimum Gasteiger partial charge on any atom is -0.857 e. The summed E-state index contributed by atoms with van der Waals surface area (Å²) in [5, 5.41) is 8.25. The van der Waals surface area contributed by atoms with Crippen LogP contribution < -0.4 is 34.7 Å².